The number of anilines is 1. The van der Waals surface area contributed by atoms with Crippen molar-refractivity contribution in [2.24, 2.45) is 5.92 Å². The number of halogens is 1. The van der Waals surface area contributed by atoms with Crippen LogP contribution < -0.4 is 4.90 Å². The molecule has 3 aromatic rings. The van der Waals surface area contributed by atoms with Gasteiger partial charge in [-0.3, -0.25) is 4.98 Å². The SMILES string of the molecule is Oc1ccc(-c2ccc3nc[c]c(N4CCC(CCN5CCCC5)CC4)c3c2)cc1Cl. The topological polar surface area (TPSA) is 39.6 Å². The van der Waals surface area contributed by atoms with Gasteiger partial charge in [-0.1, -0.05) is 23.7 Å². The van der Waals surface area contributed by atoms with Crippen molar-refractivity contribution >= 4 is 28.2 Å². The highest BCUT2D eigenvalue weighted by molar-refractivity contribution is 6.32. The van der Waals surface area contributed by atoms with Gasteiger partial charge in [-0.2, -0.15) is 0 Å². The number of benzene rings is 2. The van der Waals surface area contributed by atoms with Gasteiger partial charge in [0, 0.05) is 30.7 Å². The maximum absolute atomic E-state index is 9.74. The number of rotatable bonds is 5. The number of aromatic nitrogens is 1. The Balaban J connectivity index is 1.33. The first-order chi connectivity index (χ1) is 15.2. The van der Waals surface area contributed by atoms with Crippen LogP contribution in [0.5, 0.6) is 5.75 Å². The summed E-state index contributed by atoms with van der Waals surface area (Å²) >= 11 is 6.14. The number of hydrogen-bond acceptors (Lipinski definition) is 4. The summed E-state index contributed by atoms with van der Waals surface area (Å²) in [4.78, 5) is 9.65. The summed E-state index contributed by atoms with van der Waals surface area (Å²) < 4.78 is 0. The second-order valence-electron chi connectivity index (χ2n) is 8.92. The van der Waals surface area contributed by atoms with Gasteiger partial charge < -0.3 is 14.9 Å². The molecule has 31 heavy (non-hydrogen) atoms. The molecule has 0 atom stereocenters. The van der Waals surface area contributed by atoms with Crippen molar-refractivity contribution in [3.63, 3.8) is 0 Å². The quantitative estimate of drug-likeness (QED) is 0.553. The van der Waals surface area contributed by atoms with Crippen LogP contribution in [-0.2, 0) is 0 Å². The molecule has 0 saturated carbocycles. The number of likely N-dealkylation sites (tertiary alicyclic amines) is 1. The minimum atomic E-state index is 0.106. The Hall–Kier alpha value is -2.30. The Morgan fingerprint density at radius 3 is 2.52 bits per heavy atom. The predicted octanol–water partition coefficient (Wildman–Crippen LogP) is 5.76. The number of phenols is 1. The van der Waals surface area contributed by atoms with E-state index in [1.165, 1.54) is 51.7 Å². The van der Waals surface area contributed by atoms with E-state index in [4.69, 9.17) is 11.6 Å². The summed E-state index contributed by atoms with van der Waals surface area (Å²) in [6.07, 6.45) is 8.38. The van der Waals surface area contributed by atoms with E-state index in [-0.39, 0.29) is 5.75 Å². The molecule has 2 fully saturated rings. The molecule has 161 valence electrons. The van der Waals surface area contributed by atoms with Gasteiger partial charge in [0.15, 0.2) is 0 Å². The molecule has 0 spiro atoms. The Labute approximate surface area is 189 Å². The number of pyridine rings is 1. The van der Waals surface area contributed by atoms with E-state index < -0.39 is 0 Å². The van der Waals surface area contributed by atoms with Crippen LogP contribution in [0, 0.1) is 12.0 Å². The fourth-order valence-corrected chi connectivity index (χ4v) is 5.20. The summed E-state index contributed by atoms with van der Waals surface area (Å²) in [5.41, 5.74) is 4.19. The van der Waals surface area contributed by atoms with Crippen LogP contribution in [0.4, 0.5) is 5.69 Å². The van der Waals surface area contributed by atoms with Gasteiger partial charge in [-0.05, 0) is 93.0 Å². The molecule has 1 aromatic heterocycles. The standard InChI is InChI=1S/C26H29ClN3O/c27-23-18-21(4-6-26(23)31)20-3-5-24-22(17-20)25(7-11-28-24)30-15-9-19(10-16-30)8-14-29-12-1-2-13-29/h3-6,11,17-19,31H,1-2,8-10,12-16H2. The lowest BCUT2D eigenvalue weighted by Crippen LogP contribution is -2.35. The maximum Gasteiger partial charge on any atom is 0.134 e. The molecule has 0 amide bonds. The Morgan fingerprint density at radius 1 is 1.00 bits per heavy atom. The minimum absolute atomic E-state index is 0.106. The predicted molar refractivity (Wildman–Crippen MR) is 128 cm³/mol. The van der Waals surface area contributed by atoms with Gasteiger partial charge in [0.1, 0.15) is 5.75 Å². The highest BCUT2D eigenvalue weighted by atomic mass is 35.5. The normalized spacial score (nSPS) is 18.2. The molecule has 0 bridgehead atoms. The largest absolute Gasteiger partial charge is 0.506 e. The van der Waals surface area contributed by atoms with Crippen molar-refractivity contribution in [3.8, 4) is 16.9 Å². The lowest BCUT2D eigenvalue weighted by Gasteiger charge is -2.34. The zero-order valence-electron chi connectivity index (χ0n) is 17.9. The van der Waals surface area contributed by atoms with E-state index in [2.05, 4.69) is 39.0 Å². The van der Waals surface area contributed by atoms with Gasteiger partial charge in [-0.15, -0.1) is 0 Å². The average Bonchev–Trinajstić information content (AvgIpc) is 3.33. The molecular weight excluding hydrogens is 406 g/mol. The highest BCUT2D eigenvalue weighted by Gasteiger charge is 2.22. The van der Waals surface area contributed by atoms with Crippen LogP contribution in [0.2, 0.25) is 5.02 Å². The molecule has 3 heterocycles. The number of phenolic OH excluding ortho intramolecular Hbond substituents is 1. The summed E-state index contributed by atoms with van der Waals surface area (Å²) in [6.45, 7) is 6.02. The number of piperidine rings is 1. The van der Waals surface area contributed by atoms with Gasteiger partial charge in [0.2, 0.25) is 0 Å². The number of nitrogens with zero attached hydrogens (tertiary/aromatic N) is 3. The lowest BCUT2D eigenvalue weighted by molar-refractivity contribution is 0.280. The van der Waals surface area contributed by atoms with Crippen LogP contribution in [-0.4, -0.2) is 47.7 Å². The second kappa shape index (κ2) is 9.05. The fourth-order valence-electron chi connectivity index (χ4n) is 5.02. The molecule has 4 nitrogen and oxygen atoms in total. The molecule has 2 saturated heterocycles. The molecule has 1 radical (unpaired) electrons. The average molecular weight is 435 g/mol. The van der Waals surface area contributed by atoms with Crippen molar-refractivity contribution < 1.29 is 5.11 Å². The van der Waals surface area contributed by atoms with Crippen molar-refractivity contribution in [2.75, 3.05) is 37.6 Å². The summed E-state index contributed by atoms with van der Waals surface area (Å²) in [6, 6.07) is 15.1. The first kappa shape index (κ1) is 20.6. The molecule has 5 rings (SSSR count). The van der Waals surface area contributed by atoms with Crippen LogP contribution in [0.3, 0.4) is 0 Å². The first-order valence-corrected chi connectivity index (χ1v) is 11.8. The third kappa shape index (κ3) is 4.51. The molecule has 2 aromatic carbocycles. The van der Waals surface area contributed by atoms with Gasteiger partial charge in [-0.25, -0.2) is 0 Å². The van der Waals surface area contributed by atoms with Crippen molar-refractivity contribution in [3.05, 3.63) is 53.7 Å². The van der Waals surface area contributed by atoms with Crippen LogP contribution >= 0.6 is 11.6 Å². The van der Waals surface area contributed by atoms with Crippen molar-refractivity contribution in [2.45, 2.75) is 32.1 Å². The molecule has 0 unspecified atom stereocenters. The third-order valence-electron chi connectivity index (χ3n) is 6.92. The van der Waals surface area contributed by atoms with E-state index in [1.54, 1.807) is 12.3 Å². The molecule has 1 N–H and O–H groups in total. The molecule has 2 aliphatic rings. The second-order valence-corrected chi connectivity index (χ2v) is 9.32. The number of aromatic hydroxyl groups is 1. The van der Waals surface area contributed by atoms with Crippen LogP contribution in [0.15, 0.2) is 42.6 Å². The number of fused-ring (bicyclic) bond motifs is 1. The zero-order valence-corrected chi connectivity index (χ0v) is 18.6. The first-order valence-electron chi connectivity index (χ1n) is 11.4. The van der Waals surface area contributed by atoms with E-state index in [1.807, 2.05) is 12.1 Å². The lowest BCUT2D eigenvalue weighted by atomic mass is 9.92. The summed E-state index contributed by atoms with van der Waals surface area (Å²) in [7, 11) is 0. The maximum atomic E-state index is 9.74. The Bertz CT molecular complexity index is 1060. The fraction of sp³-hybridized carbons (Fsp3) is 0.423. The van der Waals surface area contributed by atoms with Gasteiger partial charge >= 0.3 is 0 Å². The molecule has 0 aliphatic carbocycles. The highest BCUT2D eigenvalue weighted by Crippen LogP contribution is 2.34. The van der Waals surface area contributed by atoms with E-state index in [0.29, 0.717) is 5.02 Å². The van der Waals surface area contributed by atoms with Crippen molar-refractivity contribution in [1.82, 2.24) is 9.88 Å². The van der Waals surface area contributed by atoms with Gasteiger partial charge in [0.05, 0.1) is 16.2 Å². The summed E-state index contributed by atoms with van der Waals surface area (Å²) in [5.74, 6) is 0.939. The third-order valence-corrected chi connectivity index (χ3v) is 7.22. The monoisotopic (exact) mass is 434 g/mol. The Kier molecular flexibility index (Phi) is 6.02. The van der Waals surface area contributed by atoms with Crippen molar-refractivity contribution in [1.29, 1.82) is 0 Å². The molecule has 5 heteroatoms. The number of hydrogen-bond donors (Lipinski definition) is 1. The van der Waals surface area contributed by atoms with E-state index in [0.717, 1.165) is 46.7 Å². The van der Waals surface area contributed by atoms with E-state index in [9.17, 15) is 5.11 Å². The molecular formula is C26H29ClN3O. The van der Waals surface area contributed by atoms with Gasteiger partial charge in [0.25, 0.3) is 0 Å². The summed E-state index contributed by atoms with van der Waals surface area (Å²) in [5, 5.41) is 11.2. The smallest absolute Gasteiger partial charge is 0.134 e. The zero-order chi connectivity index (χ0) is 21.2. The van der Waals surface area contributed by atoms with Crippen LogP contribution in [0.1, 0.15) is 32.1 Å². The Morgan fingerprint density at radius 2 is 1.74 bits per heavy atom. The molecule has 2 aliphatic heterocycles. The van der Waals surface area contributed by atoms with Crippen LogP contribution in [0.25, 0.3) is 22.0 Å². The van der Waals surface area contributed by atoms with E-state index >= 15 is 0 Å². The minimum Gasteiger partial charge on any atom is -0.506 e.